The second kappa shape index (κ2) is 8.50. The lowest BCUT2D eigenvalue weighted by Gasteiger charge is -2.31. The van der Waals surface area contributed by atoms with E-state index in [9.17, 15) is 9.59 Å². The lowest BCUT2D eigenvalue weighted by molar-refractivity contribution is -0.154. The van der Waals surface area contributed by atoms with E-state index in [2.05, 4.69) is 0 Å². The highest BCUT2D eigenvalue weighted by atomic mass is 16.5. The smallest absolute Gasteiger partial charge is 0.334 e. The van der Waals surface area contributed by atoms with Crippen LogP contribution >= 0.6 is 0 Å². The van der Waals surface area contributed by atoms with Crippen molar-refractivity contribution in [3.63, 3.8) is 0 Å². The van der Waals surface area contributed by atoms with Gasteiger partial charge in [-0.15, -0.1) is 0 Å². The number of morpholine rings is 1. The lowest BCUT2D eigenvalue weighted by atomic mass is 10.1. The number of benzene rings is 1. The van der Waals surface area contributed by atoms with Gasteiger partial charge >= 0.3 is 5.97 Å². The Morgan fingerprint density at radius 3 is 2.96 bits per heavy atom. The standard InChI is InChI=1S/C16H21NO6/c1-21-7-3-8-22-13-5-2-4-12(10-13)15(18)17-6-9-23-14(11-17)16(19)20/h2,4-5,10,14H,3,6-9,11H2,1H3,(H,19,20). The summed E-state index contributed by atoms with van der Waals surface area (Å²) in [6.07, 6.45) is -0.209. The van der Waals surface area contributed by atoms with Crippen LogP contribution in [0.5, 0.6) is 5.75 Å². The zero-order valence-corrected chi connectivity index (χ0v) is 13.1. The molecule has 1 amide bonds. The van der Waals surface area contributed by atoms with Gasteiger partial charge in [0.2, 0.25) is 0 Å². The minimum Gasteiger partial charge on any atom is -0.493 e. The molecular weight excluding hydrogens is 302 g/mol. The van der Waals surface area contributed by atoms with Crippen molar-refractivity contribution >= 4 is 11.9 Å². The zero-order valence-electron chi connectivity index (χ0n) is 13.1. The quantitative estimate of drug-likeness (QED) is 0.754. The summed E-state index contributed by atoms with van der Waals surface area (Å²) >= 11 is 0. The van der Waals surface area contributed by atoms with Gasteiger partial charge < -0.3 is 24.2 Å². The van der Waals surface area contributed by atoms with Crippen molar-refractivity contribution in [1.29, 1.82) is 0 Å². The first kappa shape index (κ1) is 17.2. The molecule has 7 nitrogen and oxygen atoms in total. The molecule has 0 saturated carbocycles. The van der Waals surface area contributed by atoms with Gasteiger partial charge in [0.1, 0.15) is 5.75 Å². The van der Waals surface area contributed by atoms with Crippen LogP contribution in [0.15, 0.2) is 24.3 Å². The van der Waals surface area contributed by atoms with Crippen LogP contribution in [0.4, 0.5) is 0 Å². The highest BCUT2D eigenvalue weighted by Crippen LogP contribution is 2.17. The van der Waals surface area contributed by atoms with Gasteiger partial charge in [0, 0.05) is 32.2 Å². The van der Waals surface area contributed by atoms with Crippen molar-refractivity contribution in [2.45, 2.75) is 12.5 Å². The van der Waals surface area contributed by atoms with E-state index >= 15 is 0 Å². The lowest BCUT2D eigenvalue weighted by Crippen LogP contribution is -2.48. The monoisotopic (exact) mass is 323 g/mol. The maximum atomic E-state index is 12.5. The van der Waals surface area contributed by atoms with Crippen molar-refractivity contribution in [2.75, 3.05) is 40.0 Å². The van der Waals surface area contributed by atoms with Crippen LogP contribution in [-0.4, -0.2) is 68.0 Å². The number of amides is 1. The van der Waals surface area contributed by atoms with Crippen LogP contribution in [-0.2, 0) is 14.3 Å². The zero-order chi connectivity index (χ0) is 16.7. The molecule has 0 aromatic heterocycles. The van der Waals surface area contributed by atoms with Crippen LogP contribution in [0.1, 0.15) is 16.8 Å². The molecule has 126 valence electrons. The summed E-state index contributed by atoms with van der Waals surface area (Å²) in [6, 6.07) is 6.88. The molecule has 1 unspecified atom stereocenters. The Bertz CT molecular complexity index is 547. The largest absolute Gasteiger partial charge is 0.493 e. The predicted octanol–water partition coefficient (Wildman–Crippen LogP) is 1.03. The maximum Gasteiger partial charge on any atom is 0.334 e. The molecule has 1 aromatic rings. The summed E-state index contributed by atoms with van der Waals surface area (Å²) in [7, 11) is 1.63. The van der Waals surface area contributed by atoms with Crippen LogP contribution in [0.25, 0.3) is 0 Å². The topological polar surface area (TPSA) is 85.3 Å². The van der Waals surface area contributed by atoms with Gasteiger partial charge in [-0.1, -0.05) is 6.07 Å². The SMILES string of the molecule is COCCCOc1cccc(C(=O)N2CCOC(C(=O)O)C2)c1. The van der Waals surface area contributed by atoms with Gasteiger partial charge in [-0.05, 0) is 18.2 Å². The Morgan fingerprint density at radius 1 is 1.39 bits per heavy atom. The first-order chi connectivity index (χ1) is 11.1. The molecule has 0 bridgehead atoms. The Balaban J connectivity index is 1.97. The molecule has 1 atom stereocenters. The molecule has 23 heavy (non-hydrogen) atoms. The van der Waals surface area contributed by atoms with E-state index in [1.54, 1.807) is 31.4 Å². The van der Waals surface area contributed by atoms with Crippen LogP contribution in [0.2, 0.25) is 0 Å². The van der Waals surface area contributed by atoms with Gasteiger partial charge in [0.05, 0.1) is 19.8 Å². The van der Waals surface area contributed by atoms with Gasteiger partial charge in [0.15, 0.2) is 6.10 Å². The number of carbonyl (C=O) groups excluding carboxylic acids is 1. The number of rotatable bonds is 7. The second-order valence-electron chi connectivity index (χ2n) is 5.17. The molecule has 0 radical (unpaired) electrons. The van der Waals surface area contributed by atoms with E-state index < -0.39 is 12.1 Å². The number of ether oxygens (including phenoxy) is 3. The van der Waals surface area contributed by atoms with Gasteiger partial charge in [-0.2, -0.15) is 0 Å². The third kappa shape index (κ3) is 4.94. The molecule has 1 heterocycles. The number of methoxy groups -OCH3 is 1. The predicted molar refractivity (Wildman–Crippen MR) is 81.7 cm³/mol. The molecule has 1 saturated heterocycles. The normalized spacial score (nSPS) is 17.8. The number of hydrogen-bond donors (Lipinski definition) is 1. The van der Waals surface area contributed by atoms with Crippen molar-refractivity contribution in [3.05, 3.63) is 29.8 Å². The Labute approximate surface area is 134 Å². The third-order valence-corrected chi connectivity index (χ3v) is 3.47. The molecule has 1 aliphatic rings. The highest BCUT2D eigenvalue weighted by Gasteiger charge is 2.29. The van der Waals surface area contributed by atoms with E-state index in [0.29, 0.717) is 31.1 Å². The van der Waals surface area contributed by atoms with Crippen LogP contribution in [0, 0.1) is 0 Å². The summed E-state index contributed by atoms with van der Waals surface area (Å²) in [5.41, 5.74) is 0.472. The number of aliphatic carboxylic acids is 1. The third-order valence-electron chi connectivity index (χ3n) is 3.47. The van der Waals surface area contributed by atoms with E-state index in [0.717, 1.165) is 6.42 Å². The summed E-state index contributed by atoms with van der Waals surface area (Å²) < 4.78 is 15.7. The van der Waals surface area contributed by atoms with Gasteiger partial charge in [0.25, 0.3) is 5.91 Å². The average molecular weight is 323 g/mol. The van der Waals surface area contributed by atoms with Crippen molar-refractivity contribution < 1.29 is 28.9 Å². The molecular formula is C16H21NO6. The van der Waals surface area contributed by atoms with Crippen molar-refractivity contribution in [1.82, 2.24) is 4.90 Å². The molecule has 1 aromatic carbocycles. The molecule has 1 aliphatic heterocycles. The number of carbonyl (C=O) groups is 2. The maximum absolute atomic E-state index is 12.5. The summed E-state index contributed by atoms with van der Waals surface area (Å²) in [5.74, 6) is -0.672. The molecule has 0 aliphatic carbocycles. The fraction of sp³-hybridized carbons (Fsp3) is 0.500. The van der Waals surface area contributed by atoms with E-state index in [1.807, 2.05) is 0 Å². The number of nitrogens with zero attached hydrogens (tertiary/aromatic N) is 1. The number of hydrogen-bond acceptors (Lipinski definition) is 5. The summed E-state index contributed by atoms with van der Waals surface area (Å²) in [6.45, 7) is 1.76. The number of carboxylic acids is 1. The Kier molecular flexibility index (Phi) is 6.37. The van der Waals surface area contributed by atoms with E-state index in [1.165, 1.54) is 4.90 Å². The van der Waals surface area contributed by atoms with Crippen molar-refractivity contribution in [2.24, 2.45) is 0 Å². The average Bonchev–Trinajstić information content (AvgIpc) is 2.58. The van der Waals surface area contributed by atoms with E-state index in [-0.39, 0.29) is 19.1 Å². The highest BCUT2D eigenvalue weighted by molar-refractivity contribution is 5.95. The molecule has 2 rings (SSSR count). The Hall–Kier alpha value is -2.12. The van der Waals surface area contributed by atoms with Crippen LogP contribution < -0.4 is 4.74 Å². The fourth-order valence-corrected chi connectivity index (χ4v) is 2.28. The minimum atomic E-state index is -1.06. The summed E-state index contributed by atoms with van der Waals surface area (Å²) in [5, 5.41) is 9.00. The van der Waals surface area contributed by atoms with Gasteiger partial charge in [-0.25, -0.2) is 4.79 Å². The first-order valence-corrected chi connectivity index (χ1v) is 7.47. The minimum absolute atomic E-state index is 0.0487. The van der Waals surface area contributed by atoms with Crippen molar-refractivity contribution in [3.8, 4) is 5.75 Å². The van der Waals surface area contributed by atoms with E-state index in [4.69, 9.17) is 19.3 Å². The van der Waals surface area contributed by atoms with Crippen LogP contribution in [0.3, 0.4) is 0 Å². The number of carboxylic acid groups (broad SMARTS) is 1. The van der Waals surface area contributed by atoms with Gasteiger partial charge in [-0.3, -0.25) is 4.79 Å². The molecule has 1 fully saturated rings. The second-order valence-corrected chi connectivity index (χ2v) is 5.17. The first-order valence-electron chi connectivity index (χ1n) is 7.47. The fourth-order valence-electron chi connectivity index (χ4n) is 2.28. The molecule has 7 heteroatoms. The summed E-state index contributed by atoms with van der Waals surface area (Å²) in [4.78, 5) is 25.0. The molecule has 1 N–H and O–H groups in total. The Morgan fingerprint density at radius 2 is 2.22 bits per heavy atom. The molecule has 0 spiro atoms.